The summed E-state index contributed by atoms with van der Waals surface area (Å²) in [5.74, 6) is 1.48. The maximum atomic E-state index is 12.3. The van der Waals surface area contributed by atoms with E-state index < -0.39 is 0 Å². The van der Waals surface area contributed by atoms with Crippen molar-refractivity contribution in [1.29, 1.82) is 0 Å². The number of anilines is 1. The van der Waals surface area contributed by atoms with Crippen LogP contribution in [0.15, 0.2) is 97.3 Å². The minimum Gasteiger partial charge on any atom is -0.457 e. The number of rotatable bonds is 7. The number of hydrogen-bond donors (Lipinski definition) is 2. The van der Waals surface area contributed by atoms with E-state index in [1.54, 1.807) is 6.20 Å². The Kier molecular flexibility index (Phi) is 6.05. The third kappa shape index (κ3) is 5.26. The van der Waals surface area contributed by atoms with Gasteiger partial charge in [-0.2, -0.15) is 5.10 Å². The predicted octanol–water partition coefficient (Wildman–Crippen LogP) is 5.05. The van der Waals surface area contributed by atoms with E-state index in [1.165, 1.54) is 0 Å². The molecule has 0 spiro atoms. The van der Waals surface area contributed by atoms with Gasteiger partial charge >= 0.3 is 6.03 Å². The summed E-state index contributed by atoms with van der Waals surface area (Å²) in [5, 5.41) is 10.00. The zero-order valence-electron chi connectivity index (χ0n) is 16.4. The second-order valence-electron chi connectivity index (χ2n) is 6.72. The number of amides is 2. The summed E-state index contributed by atoms with van der Waals surface area (Å²) in [6.45, 7) is 1.09. The molecule has 4 rings (SSSR count). The van der Waals surface area contributed by atoms with Gasteiger partial charge in [0.2, 0.25) is 0 Å². The van der Waals surface area contributed by atoms with Crippen LogP contribution < -0.4 is 15.4 Å². The molecule has 2 N–H and O–H groups in total. The van der Waals surface area contributed by atoms with Crippen LogP contribution in [0, 0.1) is 0 Å². The fraction of sp³-hybridized carbons (Fsp3) is 0.0833. The molecule has 4 aromatic rings. The lowest BCUT2D eigenvalue weighted by atomic mass is 10.1. The van der Waals surface area contributed by atoms with Crippen molar-refractivity contribution in [2.24, 2.45) is 0 Å². The molecule has 1 heterocycles. The fourth-order valence-corrected chi connectivity index (χ4v) is 3.03. The fourth-order valence-electron chi connectivity index (χ4n) is 3.03. The van der Waals surface area contributed by atoms with Gasteiger partial charge in [-0.15, -0.1) is 0 Å². The van der Waals surface area contributed by atoms with Gasteiger partial charge in [0.25, 0.3) is 0 Å². The molecule has 0 aliphatic heterocycles. The van der Waals surface area contributed by atoms with Crippen LogP contribution in [0.25, 0.3) is 0 Å². The summed E-state index contributed by atoms with van der Waals surface area (Å²) in [7, 11) is 0. The molecule has 6 nitrogen and oxygen atoms in total. The Hall–Kier alpha value is -4.06. The monoisotopic (exact) mass is 398 g/mol. The van der Waals surface area contributed by atoms with Crippen LogP contribution in [-0.2, 0) is 13.1 Å². The minimum atomic E-state index is -0.263. The second kappa shape index (κ2) is 9.43. The van der Waals surface area contributed by atoms with Crippen molar-refractivity contribution >= 4 is 11.7 Å². The topological polar surface area (TPSA) is 68.2 Å². The van der Waals surface area contributed by atoms with Gasteiger partial charge in [-0.3, -0.25) is 4.68 Å². The molecule has 0 atom stereocenters. The summed E-state index contributed by atoms with van der Waals surface area (Å²) in [6, 6.07) is 26.5. The molecular formula is C24H22N4O2. The number of ether oxygens (including phenoxy) is 1. The van der Waals surface area contributed by atoms with Crippen molar-refractivity contribution in [2.75, 3.05) is 5.32 Å². The second-order valence-corrected chi connectivity index (χ2v) is 6.72. The number of aromatic nitrogens is 2. The minimum absolute atomic E-state index is 0.263. The molecule has 0 bridgehead atoms. The highest BCUT2D eigenvalue weighted by Gasteiger charge is 2.06. The molecule has 0 aliphatic carbocycles. The Labute approximate surface area is 175 Å². The summed E-state index contributed by atoms with van der Waals surface area (Å²) in [4.78, 5) is 12.3. The highest BCUT2D eigenvalue weighted by atomic mass is 16.5. The van der Waals surface area contributed by atoms with E-state index in [0.29, 0.717) is 24.5 Å². The van der Waals surface area contributed by atoms with Crippen LogP contribution in [0.5, 0.6) is 11.5 Å². The number of hydrogen-bond acceptors (Lipinski definition) is 3. The number of para-hydroxylation sites is 1. The first-order valence-corrected chi connectivity index (χ1v) is 9.68. The van der Waals surface area contributed by atoms with E-state index in [-0.39, 0.29) is 6.03 Å². The van der Waals surface area contributed by atoms with Crippen LogP contribution in [0.2, 0.25) is 0 Å². The molecule has 3 aromatic carbocycles. The molecule has 1 aromatic heterocycles. The van der Waals surface area contributed by atoms with Gasteiger partial charge in [0.05, 0.1) is 6.54 Å². The molecule has 150 valence electrons. The summed E-state index contributed by atoms with van der Waals surface area (Å²) in [5.41, 5.74) is 2.86. The van der Waals surface area contributed by atoms with E-state index in [4.69, 9.17) is 4.74 Å². The van der Waals surface area contributed by atoms with Gasteiger partial charge in [0, 0.05) is 24.6 Å². The van der Waals surface area contributed by atoms with E-state index in [0.717, 1.165) is 16.9 Å². The molecule has 0 saturated carbocycles. The Morgan fingerprint density at radius 1 is 0.833 bits per heavy atom. The zero-order chi connectivity index (χ0) is 20.6. The van der Waals surface area contributed by atoms with Gasteiger partial charge in [-0.1, -0.05) is 42.5 Å². The number of nitrogens with one attached hydrogen (secondary N) is 2. The lowest BCUT2D eigenvalue weighted by molar-refractivity contribution is 0.251. The van der Waals surface area contributed by atoms with Gasteiger partial charge in [-0.25, -0.2) is 4.79 Å². The van der Waals surface area contributed by atoms with Crippen molar-refractivity contribution in [3.63, 3.8) is 0 Å². The molecule has 0 aliphatic rings. The zero-order valence-corrected chi connectivity index (χ0v) is 16.4. The standard InChI is InChI=1S/C24H22N4O2/c29-24(25-17-19-7-4-5-8-20(19)18-28-16-6-15-26-28)27-21-11-13-23(14-12-21)30-22-9-2-1-3-10-22/h1-16H,17-18H2,(H2,25,27,29). The van der Waals surface area contributed by atoms with Crippen molar-refractivity contribution in [3.05, 3.63) is 108 Å². The molecular weight excluding hydrogens is 376 g/mol. The lowest BCUT2D eigenvalue weighted by Gasteiger charge is -2.12. The molecule has 0 fully saturated rings. The van der Waals surface area contributed by atoms with Gasteiger partial charge in [0.15, 0.2) is 0 Å². The highest BCUT2D eigenvalue weighted by molar-refractivity contribution is 5.89. The summed E-state index contributed by atoms with van der Waals surface area (Å²) in [6.07, 6.45) is 3.67. The van der Waals surface area contributed by atoms with Crippen molar-refractivity contribution in [3.8, 4) is 11.5 Å². The third-order valence-electron chi connectivity index (χ3n) is 4.54. The quantitative estimate of drug-likeness (QED) is 0.458. The number of benzene rings is 3. The first-order valence-electron chi connectivity index (χ1n) is 9.68. The predicted molar refractivity (Wildman–Crippen MR) is 117 cm³/mol. The average molecular weight is 398 g/mol. The van der Waals surface area contributed by atoms with E-state index in [2.05, 4.69) is 15.7 Å². The SMILES string of the molecule is O=C(NCc1ccccc1Cn1cccn1)Nc1ccc(Oc2ccccc2)cc1. The first kappa shape index (κ1) is 19.3. The smallest absolute Gasteiger partial charge is 0.319 e. The van der Waals surface area contributed by atoms with Gasteiger partial charge in [-0.05, 0) is 53.6 Å². The first-order chi connectivity index (χ1) is 14.8. The van der Waals surface area contributed by atoms with Crippen molar-refractivity contribution in [2.45, 2.75) is 13.1 Å². The summed E-state index contributed by atoms with van der Waals surface area (Å²) >= 11 is 0. The molecule has 0 unspecified atom stereocenters. The molecule has 0 saturated heterocycles. The van der Waals surface area contributed by atoms with Crippen LogP contribution in [0.4, 0.5) is 10.5 Å². The maximum absolute atomic E-state index is 12.3. The Morgan fingerprint density at radius 2 is 1.53 bits per heavy atom. The third-order valence-corrected chi connectivity index (χ3v) is 4.54. The van der Waals surface area contributed by atoms with E-state index in [1.807, 2.05) is 95.8 Å². The maximum Gasteiger partial charge on any atom is 0.319 e. The number of nitrogens with zero attached hydrogens (tertiary/aromatic N) is 2. The van der Waals surface area contributed by atoms with Crippen LogP contribution in [0.1, 0.15) is 11.1 Å². The van der Waals surface area contributed by atoms with Crippen LogP contribution >= 0.6 is 0 Å². The van der Waals surface area contributed by atoms with Crippen molar-refractivity contribution < 1.29 is 9.53 Å². The normalized spacial score (nSPS) is 10.4. The Bertz CT molecular complexity index is 1080. The number of carbonyl (C=O) groups excluding carboxylic acids is 1. The van der Waals surface area contributed by atoms with Crippen molar-refractivity contribution in [1.82, 2.24) is 15.1 Å². The number of carbonyl (C=O) groups is 1. The van der Waals surface area contributed by atoms with Gasteiger partial charge in [0.1, 0.15) is 11.5 Å². The molecule has 0 radical (unpaired) electrons. The molecule has 2 amide bonds. The van der Waals surface area contributed by atoms with Crippen LogP contribution in [-0.4, -0.2) is 15.8 Å². The highest BCUT2D eigenvalue weighted by Crippen LogP contribution is 2.22. The van der Waals surface area contributed by atoms with Gasteiger partial charge < -0.3 is 15.4 Å². The molecule has 30 heavy (non-hydrogen) atoms. The summed E-state index contributed by atoms with van der Waals surface area (Å²) < 4.78 is 7.62. The van der Waals surface area contributed by atoms with E-state index >= 15 is 0 Å². The number of urea groups is 1. The van der Waals surface area contributed by atoms with Crippen LogP contribution in [0.3, 0.4) is 0 Å². The largest absolute Gasteiger partial charge is 0.457 e. The Morgan fingerprint density at radius 3 is 2.27 bits per heavy atom. The lowest BCUT2D eigenvalue weighted by Crippen LogP contribution is -2.28. The average Bonchev–Trinajstić information content (AvgIpc) is 3.28. The molecule has 6 heteroatoms. The van der Waals surface area contributed by atoms with E-state index in [9.17, 15) is 4.79 Å². The Balaban J connectivity index is 1.31.